The Hall–Kier alpha value is -0.980. The summed E-state index contributed by atoms with van der Waals surface area (Å²) in [5, 5.41) is 22.8. The smallest absolute Gasteiger partial charge is 0.305 e. The van der Waals surface area contributed by atoms with Gasteiger partial charge in [-0.2, -0.15) is 0 Å². The standard InChI is InChI=1S/C17H32N2O4/c1-10-6-7-16(2,3)13(10)14(15(23)17(4,5)18)19-11(9-20)8-12(21)22/h9-11,13-15,19,23H,6-8,18H2,1-5H3,(H,21,22)/t10?,11-,13?,14?,15?/m1/s1. The second-order valence-electron chi connectivity index (χ2n) is 8.33. The second-order valence-corrected chi connectivity index (χ2v) is 8.33. The number of aldehydes is 1. The first-order chi connectivity index (χ1) is 10.4. The summed E-state index contributed by atoms with van der Waals surface area (Å²) >= 11 is 0. The number of aliphatic hydroxyl groups is 1. The number of carboxylic acid groups (broad SMARTS) is 1. The molecule has 0 aromatic carbocycles. The Balaban J connectivity index is 3.11. The minimum Gasteiger partial charge on any atom is -0.481 e. The van der Waals surface area contributed by atoms with Crippen molar-refractivity contribution >= 4 is 12.3 Å². The third kappa shape index (κ3) is 4.99. The number of rotatable bonds is 8. The van der Waals surface area contributed by atoms with Gasteiger partial charge in [-0.1, -0.05) is 20.8 Å². The Labute approximate surface area is 138 Å². The lowest BCUT2D eigenvalue weighted by atomic mass is 9.70. The third-order valence-corrected chi connectivity index (χ3v) is 5.21. The number of nitrogens with two attached hydrogens (primary N) is 1. The zero-order chi connectivity index (χ0) is 18.0. The zero-order valence-corrected chi connectivity index (χ0v) is 14.9. The average molecular weight is 328 g/mol. The number of carbonyl (C=O) groups excluding carboxylic acids is 1. The first-order valence-corrected chi connectivity index (χ1v) is 8.30. The molecule has 0 saturated heterocycles. The largest absolute Gasteiger partial charge is 0.481 e. The minimum absolute atomic E-state index is 0.0139. The van der Waals surface area contributed by atoms with Gasteiger partial charge in [0.25, 0.3) is 0 Å². The monoisotopic (exact) mass is 328 g/mol. The summed E-state index contributed by atoms with van der Waals surface area (Å²) in [5.41, 5.74) is 5.24. The molecule has 0 heterocycles. The molecule has 6 nitrogen and oxygen atoms in total. The van der Waals surface area contributed by atoms with Gasteiger partial charge in [0, 0.05) is 11.6 Å². The van der Waals surface area contributed by atoms with E-state index in [1.807, 2.05) is 0 Å². The summed E-state index contributed by atoms with van der Waals surface area (Å²) in [6.07, 6.45) is 1.48. The van der Waals surface area contributed by atoms with Crippen molar-refractivity contribution in [2.45, 2.75) is 77.6 Å². The fraction of sp³-hybridized carbons (Fsp3) is 0.882. The SMILES string of the molecule is CC1CCC(C)(C)C1C(N[C@@H](C=O)CC(=O)O)C(O)C(C)(C)N. The van der Waals surface area contributed by atoms with Crippen molar-refractivity contribution in [2.24, 2.45) is 23.0 Å². The molecule has 0 aromatic rings. The summed E-state index contributed by atoms with van der Waals surface area (Å²) in [6.45, 7) is 9.92. The molecule has 6 heteroatoms. The van der Waals surface area contributed by atoms with Gasteiger partial charge in [-0.05, 0) is 43.9 Å². The molecule has 4 unspecified atom stereocenters. The zero-order valence-electron chi connectivity index (χ0n) is 14.9. The number of nitrogens with one attached hydrogen (secondary N) is 1. The van der Waals surface area contributed by atoms with E-state index in [-0.39, 0.29) is 17.8 Å². The van der Waals surface area contributed by atoms with Crippen molar-refractivity contribution in [1.29, 1.82) is 0 Å². The van der Waals surface area contributed by atoms with Crippen LogP contribution in [-0.2, 0) is 9.59 Å². The molecule has 0 radical (unpaired) electrons. The van der Waals surface area contributed by atoms with Gasteiger partial charge in [0.05, 0.1) is 18.6 Å². The third-order valence-electron chi connectivity index (χ3n) is 5.21. The van der Waals surface area contributed by atoms with Crippen molar-refractivity contribution < 1.29 is 19.8 Å². The first-order valence-electron chi connectivity index (χ1n) is 8.30. The topological polar surface area (TPSA) is 113 Å². The lowest BCUT2D eigenvalue weighted by Gasteiger charge is -2.44. The van der Waals surface area contributed by atoms with Crippen LogP contribution in [0.3, 0.4) is 0 Å². The summed E-state index contributed by atoms with van der Waals surface area (Å²) < 4.78 is 0. The van der Waals surface area contributed by atoms with Crippen molar-refractivity contribution in [2.75, 3.05) is 0 Å². The quantitative estimate of drug-likeness (QED) is 0.497. The number of hydrogen-bond acceptors (Lipinski definition) is 5. The highest BCUT2D eigenvalue weighted by molar-refractivity contribution is 5.73. The van der Waals surface area contributed by atoms with Crippen LogP contribution in [0.2, 0.25) is 0 Å². The maximum Gasteiger partial charge on any atom is 0.305 e. The van der Waals surface area contributed by atoms with Crippen LogP contribution in [0.1, 0.15) is 53.9 Å². The molecule has 0 spiro atoms. The fourth-order valence-corrected chi connectivity index (χ4v) is 3.99. The highest BCUT2D eigenvalue weighted by atomic mass is 16.4. The van der Waals surface area contributed by atoms with Crippen LogP contribution >= 0.6 is 0 Å². The van der Waals surface area contributed by atoms with Crippen LogP contribution in [0.15, 0.2) is 0 Å². The maximum atomic E-state index is 11.3. The molecule has 0 bridgehead atoms. The fourth-order valence-electron chi connectivity index (χ4n) is 3.99. The summed E-state index contributed by atoms with van der Waals surface area (Å²) in [4.78, 5) is 22.2. The summed E-state index contributed by atoms with van der Waals surface area (Å²) in [7, 11) is 0. The highest BCUT2D eigenvalue weighted by Crippen LogP contribution is 2.49. The Morgan fingerprint density at radius 3 is 2.39 bits per heavy atom. The lowest BCUT2D eigenvalue weighted by molar-refractivity contribution is -0.138. The van der Waals surface area contributed by atoms with Gasteiger partial charge in [0.2, 0.25) is 0 Å². The lowest BCUT2D eigenvalue weighted by Crippen LogP contribution is -2.62. The van der Waals surface area contributed by atoms with Gasteiger partial charge in [0.15, 0.2) is 0 Å². The molecular weight excluding hydrogens is 296 g/mol. The minimum atomic E-state index is -1.05. The van der Waals surface area contributed by atoms with Crippen LogP contribution in [0.4, 0.5) is 0 Å². The van der Waals surface area contributed by atoms with E-state index in [2.05, 4.69) is 26.1 Å². The molecule has 134 valence electrons. The first kappa shape index (κ1) is 20.1. The number of aliphatic carboxylic acids is 1. The van der Waals surface area contributed by atoms with E-state index in [9.17, 15) is 14.7 Å². The van der Waals surface area contributed by atoms with E-state index in [4.69, 9.17) is 10.8 Å². The molecular formula is C17H32N2O4. The Bertz CT molecular complexity index is 431. The van der Waals surface area contributed by atoms with Gasteiger partial charge in [-0.3, -0.25) is 4.79 Å². The predicted octanol–water partition coefficient (Wildman–Crippen LogP) is 1.16. The predicted molar refractivity (Wildman–Crippen MR) is 89.0 cm³/mol. The van der Waals surface area contributed by atoms with E-state index in [0.29, 0.717) is 12.2 Å². The molecule has 1 aliphatic carbocycles. The molecule has 1 saturated carbocycles. The Kier molecular flexibility index (Phi) is 6.35. The highest BCUT2D eigenvalue weighted by Gasteiger charge is 2.48. The van der Waals surface area contributed by atoms with Crippen molar-refractivity contribution in [3.63, 3.8) is 0 Å². The van der Waals surface area contributed by atoms with Crippen LogP contribution in [-0.4, -0.2) is 46.2 Å². The van der Waals surface area contributed by atoms with Gasteiger partial charge in [-0.15, -0.1) is 0 Å². The molecule has 0 amide bonds. The Morgan fingerprint density at radius 2 is 2.04 bits per heavy atom. The van der Waals surface area contributed by atoms with E-state index in [0.717, 1.165) is 12.8 Å². The van der Waals surface area contributed by atoms with Gasteiger partial charge in [-0.25, -0.2) is 0 Å². The van der Waals surface area contributed by atoms with Crippen molar-refractivity contribution in [1.82, 2.24) is 5.32 Å². The molecule has 5 atom stereocenters. The number of carboxylic acids is 1. The molecule has 1 rings (SSSR count). The van der Waals surface area contributed by atoms with Gasteiger partial charge < -0.3 is 26.1 Å². The molecule has 1 fully saturated rings. The maximum absolute atomic E-state index is 11.3. The number of aliphatic hydroxyl groups excluding tert-OH is 1. The number of hydrogen-bond donors (Lipinski definition) is 4. The molecule has 1 aliphatic rings. The van der Waals surface area contributed by atoms with E-state index < -0.39 is 29.7 Å². The molecule has 5 N–H and O–H groups in total. The van der Waals surface area contributed by atoms with Crippen LogP contribution in [0.5, 0.6) is 0 Å². The van der Waals surface area contributed by atoms with Crippen LogP contribution in [0.25, 0.3) is 0 Å². The van der Waals surface area contributed by atoms with E-state index in [1.54, 1.807) is 13.8 Å². The number of carbonyl (C=O) groups is 2. The molecule has 0 aliphatic heterocycles. The van der Waals surface area contributed by atoms with Crippen molar-refractivity contribution in [3.05, 3.63) is 0 Å². The summed E-state index contributed by atoms with van der Waals surface area (Å²) in [6, 6.07) is -1.27. The summed E-state index contributed by atoms with van der Waals surface area (Å²) in [5.74, 6) is -0.582. The molecule has 23 heavy (non-hydrogen) atoms. The van der Waals surface area contributed by atoms with Crippen LogP contribution < -0.4 is 11.1 Å². The van der Waals surface area contributed by atoms with E-state index in [1.165, 1.54) is 0 Å². The average Bonchev–Trinajstić information content (AvgIpc) is 2.66. The van der Waals surface area contributed by atoms with E-state index >= 15 is 0 Å². The second kappa shape index (κ2) is 7.28. The van der Waals surface area contributed by atoms with Crippen molar-refractivity contribution in [3.8, 4) is 0 Å². The van der Waals surface area contributed by atoms with Crippen LogP contribution in [0, 0.1) is 17.3 Å². The molecule has 0 aromatic heterocycles. The normalized spacial score (nSPS) is 28.1. The van der Waals surface area contributed by atoms with Gasteiger partial charge >= 0.3 is 5.97 Å². The van der Waals surface area contributed by atoms with Gasteiger partial charge in [0.1, 0.15) is 6.29 Å². The Morgan fingerprint density at radius 1 is 1.48 bits per heavy atom.